The minimum Gasteiger partial charge on any atom is -0.392 e. The van der Waals surface area contributed by atoms with Gasteiger partial charge < -0.3 is 10.0 Å². The molecule has 1 aromatic heterocycles. The quantitative estimate of drug-likeness (QED) is 0.815. The summed E-state index contributed by atoms with van der Waals surface area (Å²) in [6.07, 6.45) is 3.27. The molecule has 4 heteroatoms. The maximum absolute atomic E-state index is 12.5. The Morgan fingerprint density at radius 3 is 2.57 bits per heavy atom. The normalized spacial score (nSPS) is 11.9. The van der Waals surface area contributed by atoms with Gasteiger partial charge in [-0.2, -0.15) is 0 Å². The number of aliphatic hydroxyl groups is 1. The van der Waals surface area contributed by atoms with Crippen molar-refractivity contribution in [2.75, 3.05) is 6.54 Å². The molecule has 0 aliphatic rings. The van der Waals surface area contributed by atoms with Crippen LogP contribution in [0.25, 0.3) is 0 Å². The minimum absolute atomic E-state index is 0.0747. The summed E-state index contributed by atoms with van der Waals surface area (Å²) >= 11 is 0. The van der Waals surface area contributed by atoms with E-state index in [-0.39, 0.29) is 5.91 Å². The number of pyridine rings is 1. The fraction of sp³-hybridized carbons (Fsp3) is 0.368. The summed E-state index contributed by atoms with van der Waals surface area (Å²) in [5.74, 6) is 0.0747. The van der Waals surface area contributed by atoms with Crippen molar-refractivity contribution in [3.63, 3.8) is 0 Å². The van der Waals surface area contributed by atoms with E-state index in [1.807, 2.05) is 48.5 Å². The molecule has 1 atom stereocenters. The lowest BCUT2D eigenvalue weighted by Crippen LogP contribution is -2.36. The van der Waals surface area contributed by atoms with Crippen LogP contribution in [0.2, 0.25) is 0 Å². The summed E-state index contributed by atoms with van der Waals surface area (Å²) in [5.41, 5.74) is 2.08. The Morgan fingerprint density at radius 2 is 1.91 bits per heavy atom. The number of carbonyl (C=O) groups is 1. The van der Waals surface area contributed by atoms with E-state index in [1.165, 1.54) is 0 Å². The Hall–Kier alpha value is -2.20. The Kier molecular flexibility index (Phi) is 6.76. The molecule has 0 spiro atoms. The summed E-state index contributed by atoms with van der Waals surface area (Å²) in [6.45, 7) is 2.60. The van der Waals surface area contributed by atoms with Gasteiger partial charge >= 0.3 is 0 Å². The van der Waals surface area contributed by atoms with Crippen LogP contribution in [0.4, 0.5) is 0 Å². The second kappa shape index (κ2) is 9.06. The van der Waals surface area contributed by atoms with Gasteiger partial charge in [0.25, 0.3) is 0 Å². The summed E-state index contributed by atoms with van der Waals surface area (Å²) in [6, 6.07) is 15.7. The fourth-order valence-corrected chi connectivity index (χ4v) is 2.50. The fourth-order valence-electron chi connectivity index (χ4n) is 2.50. The van der Waals surface area contributed by atoms with Crippen LogP contribution in [0.15, 0.2) is 54.7 Å². The second-order valence-electron chi connectivity index (χ2n) is 5.78. The smallest absolute Gasteiger partial charge is 0.222 e. The zero-order valence-electron chi connectivity index (χ0n) is 13.6. The third kappa shape index (κ3) is 6.20. The van der Waals surface area contributed by atoms with Crippen LogP contribution in [0.3, 0.4) is 0 Å². The predicted octanol–water partition coefficient (Wildman–Crippen LogP) is 2.81. The highest BCUT2D eigenvalue weighted by Gasteiger charge is 2.15. The first-order chi connectivity index (χ1) is 11.1. The van der Waals surface area contributed by atoms with Crippen molar-refractivity contribution in [1.29, 1.82) is 0 Å². The van der Waals surface area contributed by atoms with E-state index in [1.54, 1.807) is 18.0 Å². The molecule has 2 rings (SSSR count). The molecule has 0 fully saturated rings. The average Bonchev–Trinajstić information content (AvgIpc) is 2.56. The highest BCUT2D eigenvalue weighted by atomic mass is 16.3. The molecule has 0 aliphatic carbocycles. The van der Waals surface area contributed by atoms with Gasteiger partial charge in [-0.15, -0.1) is 0 Å². The van der Waals surface area contributed by atoms with Crippen molar-refractivity contribution in [2.24, 2.45) is 0 Å². The zero-order chi connectivity index (χ0) is 16.5. The Morgan fingerprint density at radius 1 is 1.17 bits per heavy atom. The topological polar surface area (TPSA) is 53.4 Å². The van der Waals surface area contributed by atoms with Crippen LogP contribution in [0.5, 0.6) is 0 Å². The van der Waals surface area contributed by atoms with E-state index in [2.05, 4.69) is 4.98 Å². The van der Waals surface area contributed by atoms with E-state index in [4.69, 9.17) is 0 Å². The van der Waals surface area contributed by atoms with Crippen LogP contribution in [0.1, 0.15) is 31.0 Å². The molecule has 0 radical (unpaired) electrons. The summed E-state index contributed by atoms with van der Waals surface area (Å²) in [4.78, 5) is 18.5. The zero-order valence-corrected chi connectivity index (χ0v) is 13.6. The average molecular weight is 312 g/mol. The van der Waals surface area contributed by atoms with Gasteiger partial charge in [0.2, 0.25) is 5.91 Å². The van der Waals surface area contributed by atoms with Crippen LogP contribution >= 0.6 is 0 Å². The molecule has 1 heterocycles. The van der Waals surface area contributed by atoms with E-state index in [9.17, 15) is 9.90 Å². The monoisotopic (exact) mass is 312 g/mol. The molecule has 1 amide bonds. The standard InChI is InChI=1S/C19H24N2O2/c1-16(22)14-21(15-17-8-3-2-4-9-17)19(23)12-7-11-18-10-5-6-13-20-18/h2-6,8-10,13,16,22H,7,11-12,14-15H2,1H3/t16-/m0/s1. The van der Waals surface area contributed by atoms with E-state index < -0.39 is 6.10 Å². The van der Waals surface area contributed by atoms with Crippen LogP contribution in [-0.2, 0) is 17.8 Å². The molecule has 2 aromatic rings. The number of aromatic nitrogens is 1. The van der Waals surface area contributed by atoms with Gasteiger partial charge in [0.1, 0.15) is 0 Å². The number of aryl methyl sites for hydroxylation is 1. The molecule has 0 saturated heterocycles. The van der Waals surface area contributed by atoms with Gasteiger partial charge in [-0.05, 0) is 37.5 Å². The number of nitrogens with zero attached hydrogens (tertiary/aromatic N) is 2. The van der Waals surface area contributed by atoms with E-state index in [0.717, 1.165) is 24.1 Å². The first kappa shape index (κ1) is 17.2. The molecule has 1 aromatic carbocycles. The highest BCUT2D eigenvalue weighted by Crippen LogP contribution is 2.10. The van der Waals surface area contributed by atoms with Gasteiger partial charge in [0.15, 0.2) is 0 Å². The van der Waals surface area contributed by atoms with Crippen molar-refractivity contribution in [3.8, 4) is 0 Å². The SMILES string of the molecule is C[C@H](O)CN(Cc1ccccc1)C(=O)CCCc1ccccn1. The van der Waals surface area contributed by atoms with Gasteiger partial charge in [-0.3, -0.25) is 9.78 Å². The van der Waals surface area contributed by atoms with Crippen molar-refractivity contribution in [2.45, 2.75) is 38.8 Å². The number of amides is 1. The molecule has 0 bridgehead atoms. The third-order valence-corrected chi connectivity index (χ3v) is 3.60. The molecule has 4 nitrogen and oxygen atoms in total. The summed E-state index contributed by atoms with van der Waals surface area (Å²) < 4.78 is 0. The van der Waals surface area contributed by atoms with Gasteiger partial charge in [0, 0.05) is 31.4 Å². The molecule has 122 valence electrons. The predicted molar refractivity (Wildman–Crippen MR) is 90.7 cm³/mol. The first-order valence-electron chi connectivity index (χ1n) is 8.05. The maximum atomic E-state index is 12.5. The number of hydrogen-bond acceptors (Lipinski definition) is 3. The van der Waals surface area contributed by atoms with Crippen molar-refractivity contribution < 1.29 is 9.90 Å². The molecule has 0 saturated carbocycles. The number of aliphatic hydroxyl groups excluding tert-OH is 1. The number of benzene rings is 1. The molecular weight excluding hydrogens is 288 g/mol. The van der Waals surface area contributed by atoms with Crippen molar-refractivity contribution >= 4 is 5.91 Å². The number of hydrogen-bond donors (Lipinski definition) is 1. The van der Waals surface area contributed by atoms with E-state index in [0.29, 0.717) is 19.5 Å². The molecule has 1 N–H and O–H groups in total. The molecule has 23 heavy (non-hydrogen) atoms. The minimum atomic E-state index is -0.529. The maximum Gasteiger partial charge on any atom is 0.222 e. The van der Waals surface area contributed by atoms with Crippen LogP contribution in [0, 0.1) is 0 Å². The van der Waals surface area contributed by atoms with Crippen LogP contribution in [-0.4, -0.2) is 33.5 Å². The molecule has 0 aliphatic heterocycles. The van der Waals surface area contributed by atoms with Crippen molar-refractivity contribution in [3.05, 3.63) is 66.0 Å². The van der Waals surface area contributed by atoms with Crippen LogP contribution < -0.4 is 0 Å². The lowest BCUT2D eigenvalue weighted by atomic mass is 10.1. The lowest BCUT2D eigenvalue weighted by Gasteiger charge is -2.24. The molecule has 0 unspecified atom stereocenters. The lowest BCUT2D eigenvalue weighted by molar-refractivity contribution is -0.133. The van der Waals surface area contributed by atoms with Gasteiger partial charge in [-0.25, -0.2) is 0 Å². The van der Waals surface area contributed by atoms with Gasteiger partial charge in [0.05, 0.1) is 6.10 Å². The Labute approximate surface area is 137 Å². The first-order valence-corrected chi connectivity index (χ1v) is 8.05. The van der Waals surface area contributed by atoms with E-state index >= 15 is 0 Å². The highest BCUT2D eigenvalue weighted by molar-refractivity contribution is 5.76. The van der Waals surface area contributed by atoms with Gasteiger partial charge in [-0.1, -0.05) is 36.4 Å². The second-order valence-corrected chi connectivity index (χ2v) is 5.78. The van der Waals surface area contributed by atoms with Crippen molar-refractivity contribution in [1.82, 2.24) is 9.88 Å². The third-order valence-electron chi connectivity index (χ3n) is 3.60. The largest absolute Gasteiger partial charge is 0.392 e. The number of carbonyl (C=O) groups excluding carboxylic acids is 1. The Bertz CT molecular complexity index is 585. The summed E-state index contributed by atoms with van der Waals surface area (Å²) in [5, 5.41) is 9.65. The Balaban J connectivity index is 1.88. The number of rotatable bonds is 8. The summed E-state index contributed by atoms with van der Waals surface area (Å²) in [7, 11) is 0. The molecular formula is C19H24N2O2.